The van der Waals surface area contributed by atoms with Gasteiger partial charge in [0.1, 0.15) is 11.3 Å². The molecular weight excluding hydrogens is 380 g/mol. The Morgan fingerprint density at radius 2 is 1.93 bits per heavy atom. The molecule has 3 aromatic rings. The number of carbonyl (C=O) groups excluding carboxylic acids is 2. The molecule has 0 radical (unpaired) electrons. The quantitative estimate of drug-likeness (QED) is 0.613. The molecule has 1 aromatic heterocycles. The summed E-state index contributed by atoms with van der Waals surface area (Å²) in [5.74, 6) is 0.631. The second-order valence-corrected chi connectivity index (χ2v) is 8.13. The van der Waals surface area contributed by atoms with Gasteiger partial charge >= 0.3 is 0 Å². The molecule has 140 valence electrons. The van der Waals surface area contributed by atoms with Gasteiger partial charge in [-0.2, -0.15) is 0 Å². The zero-order valence-electron chi connectivity index (χ0n) is 15.4. The van der Waals surface area contributed by atoms with Gasteiger partial charge in [0.2, 0.25) is 5.91 Å². The number of aromatic nitrogens is 1. The van der Waals surface area contributed by atoms with Gasteiger partial charge in [-0.15, -0.1) is 0 Å². The Bertz CT molecular complexity index is 970. The van der Waals surface area contributed by atoms with Crippen molar-refractivity contribution in [2.45, 2.75) is 20.4 Å². The molecule has 7 heteroatoms. The Hall–Kier alpha value is -2.38. The summed E-state index contributed by atoms with van der Waals surface area (Å²) in [6, 6.07) is 13.6. The van der Waals surface area contributed by atoms with Crippen LogP contribution in [-0.2, 0) is 16.1 Å². The van der Waals surface area contributed by atoms with Crippen LogP contribution in [0.3, 0.4) is 0 Å². The average molecular weight is 401 g/mol. The minimum Gasteiger partial charge on any atom is -0.494 e. The van der Waals surface area contributed by atoms with Crippen LogP contribution in [0.1, 0.15) is 18.1 Å². The maximum absolute atomic E-state index is 12.9. The largest absolute Gasteiger partial charge is 0.494 e. The number of anilines is 1. The molecule has 1 heterocycles. The molecule has 0 aliphatic carbocycles. The van der Waals surface area contributed by atoms with E-state index >= 15 is 0 Å². The number of carbonyl (C=O) groups is 2. The maximum Gasteiger partial charge on any atom is 0.239 e. The first-order valence-corrected chi connectivity index (χ1v) is 10.2. The molecule has 5 nitrogen and oxygen atoms in total. The Labute approximate surface area is 166 Å². The van der Waals surface area contributed by atoms with Crippen molar-refractivity contribution in [1.82, 2.24) is 4.98 Å². The van der Waals surface area contributed by atoms with Gasteiger partial charge in [-0.25, -0.2) is 4.98 Å². The molecule has 27 heavy (non-hydrogen) atoms. The van der Waals surface area contributed by atoms with Crippen LogP contribution in [0.15, 0.2) is 42.5 Å². The van der Waals surface area contributed by atoms with Crippen LogP contribution in [0.2, 0.25) is 0 Å². The van der Waals surface area contributed by atoms with E-state index in [-0.39, 0.29) is 16.8 Å². The zero-order chi connectivity index (χ0) is 19.4. The van der Waals surface area contributed by atoms with Crippen molar-refractivity contribution in [2.75, 3.05) is 17.8 Å². The molecular formula is C20H20N2O3S2. The molecule has 0 aliphatic rings. The topological polar surface area (TPSA) is 59.5 Å². The summed E-state index contributed by atoms with van der Waals surface area (Å²) in [7, 11) is 1.61. The SMILES string of the molecule is COc1ccc(C)c2sc(N(Cc3ccccc3)C(=O)CSC(C)=O)nc12. The van der Waals surface area contributed by atoms with Crippen molar-refractivity contribution in [3.05, 3.63) is 53.6 Å². The highest BCUT2D eigenvalue weighted by molar-refractivity contribution is 8.14. The second kappa shape index (κ2) is 8.54. The Morgan fingerprint density at radius 3 is 2.59 bits per heavy atom. The number of hydrogen-bond donors (Lipinski definition) is 0. The van der Waals surface area contributed by atoms with E-state index in [2.05, 4.69) is 0 Å². The molecule has 0 fully saturated rings. The molecule has 0 atom stereocenters. The normalized spacial score (nSPS) is 10.8. The summed E-state index contributed by atoms with van der Waals surface area (Å²) in [6.07, 6.45) is 0. The third kappa shape index (κ3) is 4.48. The van der Waals surface area contributed by atoms with Crippen molar-refractivity contribution >= 4 is 49.5 Å². The highest BCUT2D eigenvalue weighted by atomic mass is 32.2. The first-order valence-electron chi connectivity index (χ1n) is 8.41. The predicted molar refractivity (Wildman–Crippen MR) is 112 cm³/mol. The number of hydrogen-bond acceptors (Lipinski definition) is 6. The van der Waals surface area contributed by atoms with Gasteiger partial charge in [0, 0.05) is 6.92 Å². The van der Waals surface area contributed by atoms with E-state index in [1.165, 1.54) is 18.3 Å². The molecule has 0 unspecified atom stereocenters. The highest BCUT2D eigenvalue weighted by Crippen LogP contribution is 2.37. The summed E-state index contributed by atoms with van der Waals surface area (Å²) in [6.45, 7) is 3.88. The number of thiazole rings is 1. The number of thioether (sulfide) groups is 1. The van der Waals surface area contributed by atoms with Crippen molar-refractivity contribution in [1.29, 1.82) is 0 Å². The van der Waals surface area contributed by atoms with E-state index < -0.39 is 0 Å². The van der Waals surface area contributed by atoms with Crippen LogP contribution in [0.5, 0.6) is 5.75 Å². The minimum atomic E-state index is -0.144. The maximum atomic E-state index is 12.9. The first-order chi connectivity index (χ1) is 13.0. The molecule has 0 spiro atoms. The number of benzene rings is 2. The van der Waals surface area contributed by atoms with Crippen molar-refractivity contribution in [2.24, 2.45) is 0 Å². The van der Waals surface area contributed by atoms with E-state index in [9.17, 15) is 9.59 Å². The fourth-order valence-electron chi connectivity index (χ4n) is 2.65. The Balaban J connectivity index is 2.01. The van der Waals surface area contributed by atoms with Crippen LogP contribution >= 0.6 is 23.1 Å². The number of nitrogens with zero attached hydrogens (tertiary/aromatic N) is 2. The summed E-state index contributed by atoms with van der Waals surface area (Å²) in [4.78, 5) is 30.5. The lowest BCUT2D eigenvalue weighted by Crippen LogP contribution is -2.32. The summed E-state index contributed by atoms with van der Waals surface area (Å²) in [5.41, 5.74) is 2.84. The van der Waals surface area contributed by atoms with Crippen molar-refractivity contribution < 1.29 is 14.3 Å². The van der Waals surface area contributed by atoms with Gasteiger partial charge in [-0.05, 0) is 24.1 Å². The first kappa shape index (κ1) is 19.4. The number of ether oxygens (including phenoxy) is 1. The molecule has 0 saturated carbocycles. The van der Waals surface area contributed by atoms with E-state index in [0.29, 0.717) is 17.4 Å². The molecule has 0 bridgehead atoms. The molecule has 2 aromatic carbocycles. The van der Waals surface area contributed by atoms with Crippen molar-refractivity contribution in [3.63, 3.8) is 0 Å². The van der Waals surface area contributed by atoms with Crippen LogP contribution in [0.25, 0.3) is 10.2 Å². The van der Waals surface area contributed by atoms with Crippen LogP contribution in [0, 0.1) is 6.92 Å². The lowest BCUT2D eigenvalue weighted by Gasteiger charge is -2.19. The number of methoxy groups -OCH3 is 1. The van der Waals surface area contributed by atoms with Crippen LogP contribution in [-0.4, -0.2) is 28.9 Å². The standard InChI is InChI=1S/C20H20N2O3S2/c1-13-9-10-16(25-3)18-19(13)27-20(21-18)22(17(24)12-26-14(2)23)11-15-7-5-4-6-8-15/h4-10H,11-12H2,1-3H3. The number of aryl methyl sites for hydroxylation is 1. The van der Waals surface area contributed by atoms with Gasteiger partial charge in [-0.3, -0.25) is 14.5 Å². The van der Waals surface area contributed by atoms with Crippen molar-refractivity contribution in [3.8, 4) is 5.75 Å². The third-order valence-corrected chi connectivity index (χ3v) is 6.04. The zero-order valence-corrected chi connectivity index (χ0v) is 17.0. The van der Waals surface area contributed by atoms with Crippen LogP contribution < -0.4 is 9.64 Å². The highest BCUT2D eigenvalue weighted by Gasteiger charge is 2.22. The lowest BCUT2D eigenvalue weighted by molar-refractivity contribution is -0.116. The molecule has 0 N–H and O–H groups in total. The van der Waals surface area contributed by atoms with Crippen LogP contribution in [0.4, 0.5) is 5.13 Å². The number of amides is 1. The Kier molecular flexibility index (Phi) is 6.13. The second-order valence-electron chi connectivity index (χ2n) is 6.00. The van der Waals surface area contributed by atoms with E-state index in [4.69, 9.17) is 9.72 Å². The van der Waals surface area contributed by atoms with E-state index in [1.54, 1.807) is 12.0 Å². The fourth-order valence-corrected chi connectivity index (χ4v) is 4.20. The molecule has 0 saturated heterocycles. The molecule has 3 rings (SSSR count). The average Bonchev–Trinajstić information content (AvgIpc) is 3.11. The summed E-state index contributed by atoms with van der Waals surface area (Å²) >= 11 is 2.48. The summed E-state index contributed by atoms with van der Waals surface area (Å²) in [5, 5.41) is 0.528. The smallest absolute Gasteiger partial charge is 0.239 e. The third-order valence-electron chi connectivity index (χ3n) is 4.03. The number of fused-ring (bicyclic) bond motifs is 1. The predicted octanol–water partition coefficient (Wildman–Crippen LogP) is 4.43. The van der Waals surface area contributed by atoms with Gasteiger partial charge < -0.3 is 4.74 Å². The lowest BCUT2D eigenvalue weighted by atomic mass is 10.2. The minimum absolute atomic E-state index is 0.0789. The number of rotatable bonds is 6. The van der Waals surface area contributed by atoms with E-state index in [1.807, 2.05) is 49.4 Å². The van der Waals surface area contributed by atoms with Gasteiger partial charge in [0.25, 0.3) is 0 Å². The molecule has 1 amide bonds. The summed E-state index contributed by atoms with van der Waals surface area (Å²) < 4.78 is 6.42. The fraction of sp³-hybridized carbons (Fsp3) is 0.250. The molecule has 0 aliphatic heterocycles. The Morgan fingerprint density at radius 1 is 1.19 bits per heavy atom. The monoisotopic (exact) mass is 400 g/mol. The van der Waals surface area contributed by atoms with Gasteiger partial charge in [-0.1, -0.05) is 59.5 Å². The van der Waals surface area contributed by atoms with Gasteiger partial charge in [0.05, 0.1) is 24.1 Å². The van der Waals surface area contributed by atoms with Gasteiger partial charge in [0.15, 0.2) is 10.2 Å². The van der Waals surface area contributed by atoms with E-state index in [0.717, 1.165) is 33.1 Å².